The summed E-state index contributed by atoms with van der Waals surface area (Å²) in [6.07, 6.45) is 2.92. The maximum Gasteiger partial charge on any atom is 0.135 e. The zero-order chi connectivity index (χ0) is 15.2. The van der Waals surface area contributed by atoms with Crippen LogP contribution in [0, 0.1) is 6.92 Å². The van der Waals surface area contributed by atoms with Crippen molar-refractivity contribution in [2.75, 3.05) is 6.54 Å². The second-order valence-corrected chi connectivity index (χ2v) is 5.60. The van der Waals surface area contributed by atoms with E-state index in [-0.39, 0.29) is 0 Å². The Kier molecular flexibility index (Phi) is 5.85. The van der Waals surface area contributed by atoms with E-state index in [1.807, 2.05) is 19.2 Å². The summed E-state index contributed by atoms with van der Waals surface area (Å²) in [5, 5.41) is 4.34. The highest BCUT2D eigenvalue weighted by molar-refractivity contribution is 6.42. The van der Waals surface area contributed by atoms with Crippen molar-refractivity contribution in [1.29, 1.82) is 0 Å². The Morgan fingerprint density at radius 2 is 2.00 bits per heavy atom. The van der Waals surface area contributed by atoms with Crippen molar-refractivity contribution in [2.24, 2.45) is 0 Å². The summed E-state index contributed by atoms with van der Waals surface area (Å²) < 4.78 is 5.93. The minimum atomic E-state index is 0.477. The number of nitrogens with zero attached hydrogens (tertiary/aromatic N) is 1. The summed E-state index contributed by atoms with van der Waals surface area (Å²) in [5.41, 5.74) is 1.92. The van der Waals surface area contributed by atoms with Crippen LogP contribution in [0.2, 0.25) is 10.0 Å². The molecule has 0 unspecified atom stereocenters. The molecule has 0 aliphatic heterocycles. The molecule has 0 aliphatic rings. The summed E-state index contributed by atoms with van der Waals surface area (Å²) >= 11 is 11.9. The molecule has 1 aromatic heterocycles. The largest absolute Gasteiger partial charge is 0.457 e. The van der Waals surface area contributed by atoms with Gasteiger partial charge in [0.15, 0.2) is 0 Å². The van der Waals surface area contributed by atoms with Gasteiger partial charge in [-0.15, -0.1) is 0 Å². The van der Waals surface area contributed by atoms with E-state index in [1.54, 1.807) is 18.2 Å². The molecule has 0 bridgehead atoms. The maximum absolute atomic E-state index is 6.02. The third-order valence-electron chi connectivity index (χ3n) is 2.94. The highest BCUT2D eigenvalue weighted by Crippen LogP contribution is 2.31. The first-order chi connectivity index (χ1) is 10.1. The summed E-state index contributed by atoms with van der Waals surface area (Å²) in [7, 11) is 0. The van der Waals surface area contributed by atoms with Crippen LogP contribution in [0.3, 0.4) is 0 Å². The fraction of sp³-hybridized carbons (Fsp3) is 0.312. The van der Waals surface area contributed by atoms with Gasteiger partial charge in [-0.25, -0.2) is 0 Å². The van der Waals surface area contributed by atoms with E-state index in [9.17, 15) is 0 Å². The van der Waals surface area contributed by atoms with Crippen LogP contribution < -0.4 is 10.1 Å². The quantitative estimate of drug-likeness (QED) is 0.760. The SMILES string of the molecule is CCCNCc1cnc(C)cc1Oc1ccc(Cl)c(Cl)c1. The minimum Gasteiger partial charge on any atom is -0.457 e. The molecule has 1 aromatic carbocycles. The fourth-order valence-corrected chi connectivity index (χ4v) is 2.15. The molecule has 21 heavy (non-hydrogen) atoms. The first kappa shape index (κ1) is 16.1. The van der Waals surface area contributed by atoms with Gasteiger partial charge in [-0.05, 0) is 32.0 Å². The summed E-state index contributed by atoms with van der Waals surface area (Å²) in [6, 6.07) is 7.16. The first-order valence-corrected chi connectivity index (χ1v) is 7.65. The Morgan fingerprint density at radius 1 is 1.19 bits per heavy atom. The number of aromatic nitrogens is 1. The van der Waals surface area contributed by atoms with Gasteiger partial charge in [0.05, 0.1) is 10.0 Å². The number of hydrogen-bond donors (Lipinski definition) is 1. The van der Waals surface area contributed by atoms with E-state index in [1.165, 1.54) is 0 Å². The number of pyridine rings is 1. The molecule has 0 atom stereocenters. The zero-order valence-corrected chi connectivity index (χ0v) is 13.6. The van der Waals surface area contributed by atoms with E-state index in [4.69, 9.17) is 27.9 Å². The van der Waals surface area contributed by atoms with Crippen LogP contribution >= 0.6 is 23.2 Å². The molecule has 5 heteroatoms. The lowest BCUT2D eigenvalue weighted by Crippen LogP contribution is -2.14. The topological polar surface area (TPSA) is 34.2 Å². The Labute approximate surface area is 135 Å². The van der Waals surface area contributed by atoms with Crippen LogP contribution in [0.15, 0.2) is 30.5 Å². The van der Waals surface area contributed by atoms with Gasteiger partial charge in [0.25, 0.3) is 0 Å². The van der Waals surface area contributed by atoms with Gasteiger partial charge >= 0.3 is 0 Å². The molecular weight excluding hydrogens is 307 g/mol. The minimum absolute atomic E-state index is 0.477. The Balaban J connectivity index is 2.20. The molecule has 3 nitrogen and oxygen atoms in total. The van der Waals surface area contributed by atoms with Crippen LogP contribution in [0.5, 0.6) is 11.5 Å². The van der Waals surface area contributed by atoms with Crippen molar-refractivity contribution < 1.29 is 4.74 Å². The summed E-state index contributed by atoms with van der Waals surface area (Å²) in [4.78, 5) is 4.32. The third-order valence-corrected chi connectivity index (χ3v) is 3.68. The predicted molar refractivity (Wildman–Crippen MR) is 87.5 cm³/mol. The second-order valence-electron chi connectivity index (χ2n) is 4.79. The zero-order valence-electron chi connectivity index (χ0n) is 12.1. The number of benzene rings is 1. The van der Waals surface area contributed by atoms with Gasteiger partial charge in [-0.3, -0.25) is 4.98 Å². The highest BCUT2D eigenvalue weighted by atomic mass is 35.5. The Bertz CT molecular complexity index is 617. The van der Waals surface area contributed by atoms with Crippen molar-refractivity contribution in [3.8, 4) is 11.5 Å². The van der Waals surface area contributed by atoms with E-state index < -0.39 is 0 Å². The van der Waals surface area contributed by atoms with Crippen LogP contribution in [0.4, 0.5) is 0 Å². The molecule has 1 N–H and O–H groups in total. The fourth-order valence-electron chi connectivity index (χ4n) is 1.86. The Hall–Kier alpha value is -1.29. The first-order valence-electron chi connectivity index (χ1n) is 6.89. The lowest BCUT2D eigenvalue weighted by molar-refractivity contribution is 0.471. The normalized spacial score (nSPS) is 10.7. The number of halogens is 2. The van der Waals surface area contributed by atoms with Gasteiger partial charge in [0, 0.05) is 36.1 Å². The third kappa shape index (κ3) is 4.60. The molecule has 2 rings (SSSR count). The molecule has 112 valence electrons. The maximum atomic E-state index is 6.02. The van der Waals surface area contributed by atoms with Crippen molar-refractivity contribution >= 4 is 23.2 Å². The lowest BCUT2D eigenvalue weighted by atomic mass is 10.2. The summed E-state index contributed by atoms with van der Waals surface area (Å²) in [5.74, 6) is 1.44. The van der Waals surface area contributed by atoms with E-state index >= 15 is 0 Å². The molecule has 0 spiro atoms. The van der Waals surface area contributed by atoms with Crippen molar-refractivity contribution in [1.82, 2.24) is 10.3 Å². The predicted octanol–water partition coefficient (Wildman–Crippen LogP) is 4.99. The van der Waals surface area contributed by atoms with Gasteiger partial charge in [-0.2, -0.15) is 0 Å². The van der Waals surface area contributed by atoms with Crippen LogP contribution in [0.25, 0.3) is 0 Å². The number of hydrogen-bond acceptors (Lipinski definition) is 3. The average molecular weight is 325 g/mol. The highest BCUT2D eigenvalue weighted by Gasteiger charge is 2.08. The van der Waals surface area contributed by atoms with Crippen LogP contribution in [-0.4, -0.2) is 11.5 Å². The standard InChI is InChI=1S/C16H18Cl2N2O/c1-3-6-19-9-12-10-20-11(2)7-16(12)21-13-4-5-14(17)15(18)8-13/h4-5,7-8,10,19H,3,6,9H2,1-2H3. The van der Waals surface area contributed by atoms with Crippen molar-refractivity contribution in [2.45, 2.75) is 26.8 Å². The van der Waals surface area contributed by atoms with E-state index in [0.717, 1.165) is 36.5 Å². The average Bonchev–Trinajstić information content (AvgIpc) is 2.45. The molecule has 0 fully saturated rings. The van der Waals surface area contributed by atoms with Gasteiger partial charge in [0.2, 0.25) is 0 Å². The number of rotatable bonds is 6. The van der Waals surface area contributed by atoms with E-state index in [2.05, 4.69) is 17.2 Å². The van der Waals surface area contributed by atoms with Crippen molar-refractivity contribution in [3.05, 3.63) is 51.8 Å². The molecule has 0 aliphatic carbocycles. The molecule has 0 saturated heterocycles. The molecule has 1 heterocycles. The summed E-state index contributed by atoms with van der Waals surface area (Å²) in [6.45, 7) is 5.75. The Morgan fingerprint density at radius 3 is 2.71 bits per heavy atom. The van der Waals surface area contributed by atoms with Crippen LogP contribution in [0.1, 0.15) is 24.6 Å². The molecule has 0 radical (unpaired) electrons. The number of nitrogens with one attached hydrogen (secondary N) is 1. The second kappa shape index (κ2) is 7.64. The van der Waals surface area contributed by atoms with Gasteiger partial charge in [0.1, 0.15) is 11.5 Å². The van der Waals surface area contributed by atoms with Gasteiger partial charge < -0.3 is 10.1 Å². The molecular formula is C16H18Cl2N2O. The van der Waals surface area contributed by atoms with E-state index in [0.29, 0.717) is 15.8 Å². The van der Waals surface area contributed by atoms with Crippen LogP contribution in [-0.2, 0) is 6.54 Å². The lowest BCUT2D eigenvalue weighted by Gasteiger charge is -2.12. The molecule has 2 aromatic rings. The monoisotopic (exact) mass is 324 g/mol. The van der Waals surface area contributed by atoms with Gasteiger partial charge in [-0.1, -0.05) is 30.1 Å². The molecule has 0 saturated carbocycles. The van der Waals surface area contributed by atoms with Crippen molar-refractivity contribution in [3.63, 3.8) is 0 Å². The number of aryl methyl sites for hydroxylation is 1. The molecule has 0 amide bonds. The smallest absolute Gasteiger partial charge is 0.135 e. The number of ether oxygens (including phenoxy) is 1.